The molecule has 2 aliphatic rings. The molecule has 0 spiro atoms. The molecule has 2 rings (SSSR count). The van der Waals surface area contributed by atoms with E-state index in [-0.39, 0.29) is 24.8 Å². The first-order chi connectivity index (χ1) is 6.36. The lowest BCUT2D eigenvalue weighted by molar-refractivity contribution is 0.123. The Morgan fingerprint density at radius 1 is 1.07 bits per heavy atom. The molecule has 0 saturated carbocycles. The van der Waals surface area contributed by atoms with E-state index in [2.05, 4.69) is 17.1 Å². The Morgan fingerprint density at radius 2 is 1.73 bits per heavy atom. The van der Waals surface area contributed by atoms with Crippen molar-refractivity contribution < 1.29 is 0 Å². The van der Waals surface area contributed by atoms with Gasteiger partial charge in [0.25, 0.3) is 0 Å². The molecular formula is C11H24Cl2N2. The SMILES string of the molecule is C[C@@H]1CC(N2CCCCC2)CCN1.Cl.Cl. The Hall–Kier alpha value is 0.500. The highest BCUT2D eigenvalue weighted by Crippen LogP contribution is 2.19. The Morgan fingerprint density at radius 3 is 2.33 bits per heavy atom. The molecule has 0 amide bonds. The van der Waals surface area contributed by atoms with Gasteiger partial charge < -0.3 is 10.2 Å². The average Bonchev–Trinajstić information content (AvgIpc) is 2.19. The zero-order valence-electron chi connectivity index (χ0n) is 9.58. The zero-order chi connectivity index (χ0) is 9.10. The van der Waals surface area contributed by atoms with Crippen molar-refractivity contribution >= 4 is 24.8 Å². The highest BCUT2D eigenvalue weighted by molar-refractivity contribution is 5.85. The zero-order valence-corrected chi connectivity index (χ0v) is 11.2. The van der Waals surface area contributed by atoms with Crippen LogP contribution in [0.4, 0.5) is 0 Å². The number of halogens is 2. The van der Waals surface area contributed by atoms with E-state index in [1.807, 2.05) is 0 Å². The van der Waals surface area contributed by atoms with Crippen LogP contribution in [-0.2, 0) is 0 Å². The third-order valence-corrected chi connectivity index (χ3v) is 3.50. The lowest BCUT2D eigenvalue weighted by atomic mass is 9.97. The predicted molar refractivity (Wildman–Crippen MR) is 70.4 cm³/mol. The van der Waals surface area contributed by atoms with E-state index in [1.165, 1.54) is 51.7 Å². The molecule has 0 aromatic carbocycles. The summed E-state index contributed by atoms with van der Waals surface area (Å²) in [6.45, 7) is 6.26. The van der Waals surface area contributed by atoms with Crippen LogP contribution >= 0.6 is 24.8 Å². The van der Waals surface area contributed by atoms with Crippen LogP contribution in [0, 0.1) is 0 Å². The van der Waals surface area contributed by atoms with Crippen LogP contribution in [0.1, 0.15) is 39.0 Å². The standard InChI is InChI=1S/C11H22N2.2ClH/c1-10-9-11(5-6-12-10)13-7-3-2-4-8-13;;/h10-12H,2-9H2,1H3;2*1H/t10-,11?;;/m1../s1. The fraction of sp³-hybridized carbons (Fsp3) is 1.00. The van der Waals surface area contributed by atoms with Crippen LogP contribution < -0.4 is 5.32 Å². The van der Waals surface area contributed by atoms with Crippen LogP contribution in [0.5, 0.6) is 0 Å². The molecule has 2 heterocycles. The van der Waals surface area contributed by atoms with Gasteiger partial charge in [-0.15, -0.1) is 24.8 Å². The molecule has 2 atom stereocenters. The molecule has 2 aliphatic heterocycles. The van der Waals surface area contributed by atoms with Gasteiger partial charge >= 0.3 is 0 Å². The smallest absolute Gasteiger partial charge is 0.0122 e. The van der Waals surface area contributed by atoms with E-state index in [0.29, 0.717) is 0 Å². The quantitative estimate of drug-likeness (QED) is 0.774. The van der Waals surface area contributed by atoms with Gasteiger partial charge in [-0.05, 0) is 52.2 Å². The van der Waals surface area contributed by atoms with Crippen LogP contribution in [0.25, 0.3) is 0 Å². The summed E-state index contributed by atoms with van der Waals surface area (Å²) in [5.74, 6) is 0. The maximum absolute atomic E-state index is 3.52. The minimum atomic E-state index is 0. The molecule has 2 nitrogen and oxygen atoms in total. The van der Waals surface area contributed by atoms with Gasteiger partial charge in [-0.2, -0.15) is 0 Å². The van der Waals surface area contributed by atoms with E-state index in [4.69, 9.17) is 0 Å². The number of hydrogen-bond donors (Lipinski definition) is 1. The maximum Gasteiger partial charge on any atom is 0.0122 e. The highest BCUT2D eigenvalue weighted by Gasteiger charge is 2.24. The van der Waals surface area contributed by atoms with Crippen LogP contribution in [-0.4, -0.2) is 36.6 Å². The van der Waals surface area contributed by atoms with Crippen LogP contribution in [0.2, 0.25) is 0 Å². The Labute approximate surface area is 106 Å². The number of nitrogens with one attached hydrogen (secondary N) is 1. The van der Waals surface area contributed by atoms with Gasteiger partial charge in [0.1, 0.15) is 0 Å². The summed E-state index contributed by atoms with van der Waals surface area (Å²) < 4.78 is 0. The molecular weight excluding hydrogens is 231 g/mol. The van der Waals surface area contributed by atoms with E-state index in [9.17, 15) is 0 Å². The third kappa shape index (κ3) is 4.48. The van der Waals surface area contributed by atoms with Gasteiger partial charge in [-0.3, -0.25) is 0 Å². The summed E-state index contributed by atoms with van der Waals surface area (Å²) in [5, 5.41) is 3.52. The molecule has 1 unspecified atom stereocenters. The van der Waals surface area contributed by atoms with Gasteiger partial charge in [0.2, 0.25) is 0 Å². The second-order valence-electron chi connectivity index (χ2n) is 4.63. The Kier molecular flexibility index (Phi) is 7.98. The van der Waals surface area contributed by atoms with Gasteiger partial charge in [-0.25, -0.2) is 0 Å². The molecule has 0 radical (unpaired) electrons. The topological polar surface area (TPSA) is 15.3 Å². The van der Waals surface area contributed by atoms with Gasteiger partial charge in [-0.1, -0.05) is 6.42 Å². The van der Waals surface area contributed by atoms with Crippen LogP contribution in [0.15, 0.2) is 0 Å². The Bertz CT molecular complexity index is 161. The normalized spacial score (nSPS) is 32.6. The summed E-state index contributed by atoms with van der Waals surface area (Å²) in [6.07, 6.45) is 7.04. The molecule has 15 heavy (non-hydrogen) atoms. The van der Waals surface area contributed by atoms with E-state index in [1.54, 1.807) is 0 Å². The lowest BCUT2D eigenvalue weighted by Crippen LogP contribution is -2.48. The molecule has 2 saturated heterocycles. The van der Waals surface area contributed by atoms with E-state index < -0.39 is 0 Å². The fourth-order valence-electron chi connectivity index (χ4n) is 2.72. The molecule has 0 aliphatic carbocycles. The summed E-state index contributed by atoms with van der Waals surface area (Å²) in [6, 6.07) is 1.62. The second-order valence-corrected chi connectivity index (χ2v) is 4.63. The first-order valence-electron chi connectivity index (χ1n) is 5.83. The summed E-state index contributed by atoms with van der Waals surface area (Å²) in [5.41, 5.74) is 0. The number of rotatable bonds is 1. The predicted octanol–water partition coefficient (Wildman–Crippen LogP) is 2.46. The Balaban J connectivity index is 0.000000980. The van der Waals surface area contributed by atoms with Crippen molar-refractivity contribution in [2.45, 2.75) is 51.1 Å². The lowest BCUT2D eigenvalue weighted by Gasteiger charge is -2.39. The molecule has 92 valence electrons. The van der Waals surface area contributed by atoms with Crippen molar-refractivity contribution in [1.82, 2.24) is 10.2 Å². The monoisotopic (exact) mass is 254 g/mol. The minimum Gasteiger partial charge on any atom is -0.314 e. The largest absolute Gasteiger partial charge is 0.314 e. The third-order valence-electron chi connectivity index (χ3n) is 3.50. The number of nitrogens with zero attached hydrogens (tertiary/aromatic N) is 1. The van der Waals surface area contributed by atoms with Gasteiger partial charge in [0.15, 0.2) is 0 Å². The van der Waals surface area contributed by atoms with Crippen molar-refractivity contribution in [3.8, 4) is 0 Å². The maximum atomic E-state index is 3.52. The number of hydrogen-bond acceptors (Lipinski definition) is 2. The van der Waals surface area contributed by atoms with Gasteiger partial charge in [0.05, 0.1) is 0 Å². The highest BCUT2D eigenvalue weighted by atomic mass is 35.5. The molecule has 0 aromatic rings. The summed E-state index contributed by atoms with van der Waals surface area (Å²) >= 11 is 0. The van der Waals surface area contributed by atoms with Crippen molar-refractivity contribution in [2.24, 2.45) is 0 Å². The fourth-order valence-corrected chi connectivity index (χ4v) is 2.72. The van der Waals surface area contributed by atoms with Gasteiger partial charge in [0, 0.05) is 12.1 Å². The summed E-state index contributed by atoms with van der Waals surface area (Å²) in [7, 11) is 0. The minimum absolute atomic E-state index is 0. The van der Waals surface area contributed by atoms with Crippen molar-refractivity contribution in [1.29, 1.82) is 0 Å². The van der Waals surface area contributed by atoms with E-state index in [0.717, 1.165) is 12.1 Å². The first-order valence-corrected chi connectivity index (χ1v) is 5.83. The number of likely N-dealkylation sites (tertiary alicyclic amines) is 1. The van der Waals surface area contributed by atoms with E-state index >= 15 is 0 Å². The van der Waals surface area contributed by atoms with Crippen LogP contribution in [0.3, 0.4) is 0 Å². The molecule has 4 heteroatoms. The van der Waals surface area contributed by atoms with Crippen molar-refractivity contribution in [3.05, 3.63) is 0 Å². The molecule has 2 fully saturated rings. The molecule has 0 aromatic heterocycles. The van der Waals surface area contributed by atoms with Crippen molar-refractivity contribution in [3.63, 3.8) is 0 Å². The number of piperidine rings is 2. The first kappa shape index (κ1) is 15.5. The molecule has 1 N–H and O–H groups in total. The average molecular weight is 255 g/mol. The summed E-state index contributed by atoms with van der Waals surface area (Å²) in [4.78, 5) is 2.72. The molecule has 0 bridgehead atoms. The van der Waals surface area contributed by atoms with Crippen molar-refractivity contribution in [2.75, 3.05) is 19.6 Å². The second kappa shape index (κ2) is 7.72.